The lowest BCUT2D eigenvalue weighted by Crippen LogP contribution is -2.12. The average Bonchev–Trinajstić information content (AvgIpc) is 3.33. The highest BCUT2D eigenvalue weighted by molar-refractivity contribution is 7.26. The van der Waals surface area contributed by atoms with Crippen molar-refractivity contribution in [3.8, 4) is 11.3 Å². The van der Waals surface area contributed by atoms with E-state index in [1.165, 1.54) is 52.2 Å². The van der Waals surface area contributed by atoms with Gasteiger partial charge in [-0.05, 0) is 68.9 Å². The molecule has 0 spiro atoms. The first-order valence-electron chi connectivity index (χ1n) is 10.2. The fraction of sp³-hybridized carbons (Fsp3) is 0.148. The first kappa shape index (κ1) is 18.1. The van der Waals surface area contributed by atoms with Gasteiger partial charge in [-0.1, -0.05) is 45.0 Å². The van der Waals surface area contributed by atoms with Crippen LogP contribution in [-0.2, 0) is 5.41 Å². The normalized spacial score (nSPS) is 12.5. The fourth-order valence-electron chi connectivity index (χ4n) is 4.46. The lowest BCUT2D eigenvalue weighted by Gasteiger charge is -2.23. The van der Waals surface area contributed by atoms with E-state index in [1.807, 2.05) is 28.9 Å². The Balaban J connectivity index is 1.72. The Kier molecular flexibility index (Phi) is 3.83. The molecule has 1 nitrogen and oxygen atoms in total. The molecule has 0 unspecified atom stereocenters. The Hall–Kier alpha value is -2.75. The number of thiophene rings is 2. The van der Waals surface area contributed by atoms with E-state index in [9.17, 15) is 0 Å². The second-order valence-electron chi connectivity index (χ2n) is 8.94. The van der Waals surface area contributed by atoms with Crippen molar-refractivity contribution in [3.05, 3.63) is 77.8 Å². The predicted octanol–water partition coefficient (Wildman–Crippen LogP) is 8.78. The van der Waals surface area contributed by atoms with Crippen LogP contribution < -0.4 is 0 Å². The third kappa shape index (κ3) is 2.69. The molecule has 0 saturated carbocycles. The maximum atomic E-state index is 4.91. The van der Waals surface area contributed by atoms with Gasteiger partial charge in [-0.15, -0.1) is 22.7 Å². The summed E-state index contributed by atoms with van der Waals surface area (Å²) >= 11 is 3.67. The minimum atomic E-state index is 0.0589. The summed E-state index contributed by atoms with van der Waals surface area (Å²) in [5.41, 5.74) is 3.72. The summed E-state index contributed by atoms with van der Waals surface area (Å²) in [5.74, 6) is 0. The molecular formula is C27H21NS2. The molecule has 0 saturated heterocycles. The van der Waals surface area contributed by atoms with Crippen molar-refractivity contribution in [2.75, 3.05) is 0 Å². The van der Waals surface area contributed by atoms with E-state index in [0.29, 0.717) is 0 Å². The molecule has 146 valence electrons. The lowest BCUT2D eigenvalue weighted by atomic mass is 9.82. The summed E-state index contributed by atoms with van der Waals surface area (Å²) in [5, 5.41) is 8.71. The van der Waals surface area contributed by atoms with E-state index in [4.69, 9.17) is 4.98 Å². The number of pyridine rings is 1. The van der Waals surface area contributed by atoms with E-state index in [-0.39, 0.29) is 5.41 Å². The molecule has 0 amide bonds. The van der Waals surface area contributed by atoms with Crippen molar-refractivity contribution in [2.45, 2.75) is 26.2 Å². The van der Waals surface area contributed by atoms with E-state index in [0.717, 1.165) is 5.69 Å². The fourth-order valence-corrected chi connectivity index (χ4v) is 6.40. The number of hydrogen-bond acceptors (Lipinski definition) is 3. The van der Waals surface area contributed by atoms with E-state index in [2.05, 4.69) is 86.8 Å². The molecule has 6 aromatic rings. The van der Waals surface area contributed by atoms with Gasteiger partial charge in [0.05, 0.1) is 5.69 Å². The molecule has 0 atom stereocenters. The maximum Gasteiger partial charge on any atom is 0.0795 e. The van der Waals surface area contributed by atoms with Crippen LogP contribution in [0.5, 0.6) is 0 Å². The molecule has 3 aromatic carbocycles. The third-order valence-corrected chi connectivity index (χ3v) is 7.90. The van der Waals surface area contributed by atoms with E-state index in [1.54, 1.807) is 0 Å². The third-order valence-electron chi connectivity index (χ3n) is 5.90. The van der Waals surface area contributed by atoms with Crippen molar-refractivity contribution < 1.29 is 0 Å². The molecule has 0 aliphatic heterocycles. The zero-order valence-corrected chi connectivity index (χ0v) is 18.8. The van der Waals surface area contributed by atoms with Gasteiger partial charge in [-0.2, -0.15) is 0 Å². The number of benzene rings is 3. The van der Waals surface area contributed by atoms with Gasteiger partial charge >= 0.3 is 0 Å². The summed E-state index contributed by atoms with van der Waals surface area (Å²) in [6.45, 7) is 6.88. The van der Waals surface area contributed by atoms with Crippen LogP contribution >= 0.6 is 22.7 Å². The molecule has 3 aromatic heterocycles. The van der Waals surface area contributed by atoms with E-state index < -0.39 is 0 Å². The zero-order valence-electron chi connectivity index (χ0n) is 17.2. The first-order valence-corrected chi connectivity index (χ1v) is 11.9. The van der Waals surface area contributed by atoms with Crippen LogP contribution in [0.4, 0.5) is 0 Å². The Labute approximate surface area is 183 Å². The SMILES string of the molecule is CC(C)(C)c1cc(-c2nccc3sc4cc5ccsc5cc4c23)cc2ccccc12. The first-order chi connectivity index (χ1) is 14.5. The summed E-state index contributed by atoms with van der Waals surface area (Å²) in [6, 6.07) is 22.4. The lowest BCUT2D eigenvalue weighted by molar-refractivity contribution is 0.596. The minimum absolute atomic E-state index is 0.0589. The topological polar surface area (TPSA) is 12.9 Å². The molecule has 0 N–H and O–H groups in total. The largest absolute Gasteiger partial charge is 0.256 e. The van der Waals surface area contributed by atoms with Gasteiger partial charge in [0.15, 0.2) is 0 Å². The van der Waals surface area contributed by atoms with Crippen molar-refractivity contribution in [2.24, 2.45) is 0 Å². The van der Waals surface area contributed by atoms with Crippen LogP contribution in [0, 0.1) is 0 Å². The highest BCUT2D eigenvalue weighted by Crippen LogP contribution is 2.43. The molecule has 6 rings (SSSR count). The van der Waals surface area contributed by atoms with E-state index >= 15 is 0 Å². The van der Waals surface area contributed by atoms with Gasteiger partial charge in [-0.3, -0.25) is 4.98 Å². The van der Waals surface area contributed by atoms with Crippen molar-refractivity contribution in [1.82, 2.24) is 4.98 Å². The van der Waals surface area contributed by atoms with Crippen LogP contribution in [0.3, 0.4) is 0 Å². The van der Waals surface area contributed by atoms with Gasteiger partial charge in [-0.25, -0.2) is 0 Å². The Morgan fingerprint density at radius 3 is 2.50 bits per heavy atom. The van der Waals surface area contributed by atoms with Gasteiger partial charge in [0, 0.05) is 36.6 Å². The molecule has 3 heterocycles. The molecule has 3 heteroatoms. The smallest absolute Gasteiger partial charge is 0.0795 e. The molecule has 0 fully saturated rings. The average molecular weight is 424 g/mol. The standard InChI is InChI=1S/C27H21NS2/c1-27(2,3)21-13-18(12-16-6-4-5-7-19(16)21)26-25-20-15-23-17(9-11-29-23)14-24(20)30-22(25)8-10-28-26/h4-15H,1-3H3. The highest BCUT2D eigenvalue weighted by atomic mass is 32.1. The van der Waals surface area contributed by atoms with Crippen LogP contribution in [0.15, 0.2) is 72.2 Å². The maximum absolute atomic E-state index is 4.91. The summed E-state index contributed by atoms with van der Waals surface area (Å²) in [6.07, 6.45) is 1.96. The second-order valence-corrected chi connectivity index (χ2v) is 11.0. The Bertz CT molecular complexity index is 1580. The molecule has 0 aliphatic carbocycles. The number of nitrogens with zero attached hydrogens (tertiary/aromatic N) is 1. The van der Waals surface area contributed by atoms with Crippen LogP contribution in [0.1, 0.15) is 26.3 Å². The number of fused-ring (bicyclic) bond motifs is 5. The molecule has 0 bridgehead atoms. The number of rotatable bonds is 1. The minimum Gasteiger partial charge on any atom is -0.256 e. The van der Waals surface area contributed by atoms with Crippen molar-refractivity contribution in [3.63, 3.8) is 0 Å². The van der Waals surface area contributed by atoms with Crippen molar-refractivity contribution >= 4 is 63.7 Å². The monoisotopic (exact) mass is 423 g/mol. The zero-order chi connectivity index (χ0) is 20.5. The van der Waals surface area contributed by atoms with Crippen molar-refractivity contribution in [1.29, 1.82) is 0 Å². The predicted molar refractivity (Wildman–Crippen MR) is 134 cm³/mol. The number of aromatic nitrogens is 1. The summed E-state index contributed by atoms with van der Waals surface area (Å²) in [7, 11) is 0. The van der Waals surface area contributed by atoms with Gasteiger partial charge in [0.25, 0.3) is 0 Å². The molecule has 0 radical (unpaired) electrons. The van der Waals surface area contributed by atoms with Gasteiger partial charge in [0.1, 0.15) is 0 Å². The number of hydrogen-bond donors (Lipinski definition) is 0. The highest BCUT2D eigenvalue weighted by Gasteiger charge is 2.20. The summed E-state index contributed by atoms with van der Waals surface area (Å²) < 4.78 is 3.98. The summed E-state index contributed by atoms with van der Waals surface area (Å²) in [4.78, 5) is 4.91. The van der Waals surface area contributed by atoms with Crippen LogP contribution in [-0.4, -0.2) is 4.98 Å². The molecule has 0 aliphatic rings. The quantitative estimate of drug-likeness (QED) is 0.257. The molecular weight excluding hydrogens is 402 g/mol. The van der Waals surface area contributed by atoms with Crippen LogP contribution in [0.25, 0.3) is 52.3 Å². The van der Waals surface area contributed by atoms with Crippen LogP contribution in [0.2, 0.25) is 0 Å². The Morgan fingerprint density at radius 1 is 0.767 bits per heavy atom. The Morgan fingerprint density at radius 2 is 1.63 bits per heavy atom. The van der Waals surface area contributed by atoms with Gasteiger partial charge < -0.3 is 0 Å². The molecule has 30 heavy (non-hydrogen) atoms. The second kappa shape index (κ2) is 6.37. The van der Waals surface area contributed by atoms with Gasteiger partial charge in [0.2, 0.25) is 0 Å².